The van der Waals surface area contributed by atoms with Crippen molar-refractivity contribution in [2.24, 2.45) is 0 Å². The summed E-state index contributed by atoms with van der Waals surface area (Å²) >= 11 is 9.16. The molecule has 1 rings (SSSR count). The van der Waals surface area contributed by atoms with Crippen molar-refractivity contribution in [3.63, 3.8) is 0 Å². The minimum absolute atomic E-state index is 0.0125. The molecule has 0 atom stereocenters. The fourth-order valence-corrected chi connectivity index (χ4v) is 1.77. The molecule has 70 valence electrons. The summed E-state index contributed by atoms with van der Waals surface area (Å²) in [5, 5.41) is 9.24. The third kappa shape index (κ3) is 2.45. The van der Waals surface area contributed by atoms with Crippen molar-refractivity contribution >= 4 is 33.5 Å². The maximum absolute atomic E-state index is 10.5. The van der Waals surface area contributed by atoms with E-state index < -0.39 is 5.97 Å². The first-order valence-electron chi connectivity index (χ1n) is 3.67. The quantitative estimate of drug-likeness (QED) is 0.890. The van der Waals surface area contributed by atoms with E-state index in [9.17, 15) is 4.79 Å². The van der Waals surface area contributed by atoms with E-state index in [1.807, 2.05) is 6.92 Å². The first kappa shape index (κ1) is 10.5. The van der Waals surface area contributed by atoms with E-state index in [0.29, 0.717) is 5.02 Å². The highest BCUT2D eigenvalue weighted by molar-refractivity contribution is 9.10. The van der Waals surface area contributed by atoms with Gasteiger partial charge in [-0.25, -0.2) is 0 Å². The number of carbonyl (C=O) groups is 1. The molecule has 2 nitrogen and oxygen atoms in total. The van der Waals surface area contributed by atoms with Gasteiger partial charge in [0.1, 0.15) is 0 Å². The summed E-state index contributed by atoms with van der Waals surface area (Å²) in [7, 11) is 0. The number of rotatable bonds is 2. The molecule has 0 bridgehead atoms. The standard InChI is InChI=1S/C9H8BrClO2/c1-5-7(11)3-2-6(9(5)10)4-8(12)13/h2-3H,4H2,1H3,(H,12,13). The first-order valence-corrected chi connectivity index (χ1v) is 4.84. The third-order valence-electron chi connectivity index (χ3n) is 1.74. The second-order valence-electron chi connectivity index (χ2n) is 2.72. The number of carboxylic acids is 1. The van der Waals surface area contributed by atoms with Crippen molar-refractivity contribution in [3.05, 3.63) is 32.8 Å². The van der Waals surface area contributed by atoms with Gasteiger partial charge in [-0.15, -0.1) is 0 Å². The zero-order valence-electron chi connectivity index (χ0n) is 6.97. The molecule has 0 saturated carbocycles. The molecule has 1 N–H and O–H groups in total. The van der Waals surface area contributed by atoms with E-state index >= 15 is 0 Å². The van der Waals surface area contributed by atoms with Crippen molar-refractivity contribution < 1.29 is 9.90 Å². The zero-order valence-corrected chi connectivity index (χ0v) is 9.32. The molecular weight excluding hydrogens is 255 g/mol. The Hall–Kier alpha value is -0.540. The fraction of sp³-hybridized carbons (Fsp3) is 0.222. The van der Waals surface area contributed by atoms with Crippen molar-refractivity contribution in [3.8, 4) is 0 Å². The fourth-order valence-electron chi connectivity index (χ4n) is 1.02. The smallest absolute Gasteiger partial charge is 0.307 e. The van der Waals surface area contributed by atoms with E-state index in [2.05, 4.69) is 15.9 Å². The van der Waals surface area contributed by atoms with Gasteiger partial charge in [0.15, 0.2) is 0 Å². The van der Waals surface area contributed by atoms with E-state index in [1.165, 1.54) is 0 Å². The number of halogens is 2. The van der Waals surface area contributed by atoms with Crippen LogP contribution in [0, 0.1) is 6.92 Å². The van der Waals surface area contributed by atoms with Crippen LogP contribution < -0.4 is 0 Å². The van der Waals surface area contributed by atoms with E-state index in [0.717, 1.165) is 15.6 Å². The van der Waals surface area contributed by atoms with Crippen LogP contribution in [0.25, 0.3) is 0 Å². The molecule has 0 aliphatic carbocycles. The van der Waals surface area contributed by atoms with Gasteiger partial charge < -0.3 is 5.11 Å². The second-order valence-corrected chi connectivity index (χ2v) is 3.92. The number of hydrogen-bond donors (Lipinski definition) is 1. The molecule has 0 aliphatic heterocycles. The van der Waals surface area contributed by atoms with Crippen LogP contribution in [0.1, 0.15) is 11.1 Å². The van der Waals surface area contributed by atoms with Crippen molar-refractivity contribution in [2.45, 2.75) is 13.3 Å². The van der Waals surface area contributed by atoms with Crippen LogP contribution in [-0.2, 0) is 11.2 Å². The summed E-state index contributed by atoms with van der Waals surface area (Å²) in [6, 6.07) is 3.42. The number of benzene rings is 1. The van der Waals surface area contributed by atoms with Crippen LogP contribution in [0.2, 0.25) is 5.02 Å². The molecule has 0 aliphatic rings. The molecule has 0 fully saturated rings. The lowest BCUT2D eigenvalue weighted by Gasteiger charge is -2.06. The van der Waals surface area contributed by atoms with Gasteiger partial charge in [0, 0.05) is 9.50 Å². The summed E-state index contributed by atoms with van der Waals surface area (Å²) in [4.78, 5) is 10.5. The molecule has 13 heavy (non-hydrogen) atoms. The van der Waals surface area contributed by atoms with Crippen LogP contribution in [0.15, 0.2) is 16.6 Å². The van der Waals surface area contributed by atoms with Gasteiger partial charge in [-0.1, -0.05) is 33.6 Å². The Kier molecular flexibility index (Phi) is 3.33. The molecule has 0 radical (unpaired) electrons. The Balaban J connectivity index is 3.10. The molecule has 0 spiro atoms. The van der Waals surface area contributed by atoms with Gasteiger partial charge in [0.05, 0.1) is 6.42 Å². The predicted molar refractivity (Wildman–Crippen MR) is 55.2 cm³/mol. The molecular formula is C9H8BrClO2. The van der Waals surface area contributed by atoms with Crippen molar-refractivity contribution in [1.82, 2.24) is 0 Å². The molecule has 1 aromatic rings. The van der Waals surface area contributed by atoms with Crippen molar-refractivity contribution in [1.29, 1.82) is 0 Å². The first-order chi connectivity index (χ1) is 6.02. The minimum atomic E-state index is -0.845. The summed E-state index contributed by atoms with van der Waals surface area (Å²) < 4.78 is 0.780. The van der Waals surface area contributed by atoms with Gasteiger partial charge in [0.25, 0.3) is 0 Å². The van der Waals surface area contributed by atoms with Crippen LogP contribution >= 0.6 is 27.5 Å². The molecule has 0 unspecified atom stereocenters. The van der Waals surface area contributed by atoms with Gasteiger partial charge in [0.2, 0.25) is 0 Å². The normalized spacial score (nSPS) is 10.1. The van der Waals surface area contributed by atoms with Gasteiger partial charge in [-0.3, -0.25) is 4.79 Å². The highest BCUT2D eigenvalue weighted by Gasteiger charge is 2.08. The summed E-state index contributed by atoms with van der Waals surface area (Å²) in [6.45, 7) is 1.85. The van der Waals surface area contributed by atoms with E-state index in [1.54, 1.807) is 12.1 Å². The lowest BCUT2D eigenvalue weighted by Crippen LogP contribution is -2.01. The Morgan fingerprint density at radius 1 is 1.62 bits per heavy atom. The maximum atomic E-state index is 10.5. The highest BCUT2D eigenvalue weighted by Crippen LogP contribution is 2.27. The number of carboxylic acid groups (broad SMARTS) is 1. The lowest BCUT2D eigenvalue weighted by atomic mass is 10.1. The third-order valence-corrected chi connectivity index (χ3v) is 3.26. The molecule has 0 amide bonds. The van der Waals surface area contributed by atoms with Crippen LogP contribution in [0.5, 0.6) is 0 Å². The predicted octanol–water partition coefficient (Wildman–Crippen LogP) is 3.04. The molecule has 0 aromatic heterocycles. The van der Waals surface area contributed by atoms with Crippen LogP contribution in [0.3, 0.4) is 0 Å². The minimum Gasteiger partial charge on any atom is -0.481 e. The highest BCUT2D eigenvalue weighted by atomic mass is 79.9. The lowest BCUT2D eigenvalue weighted by molar-refractivity contribution is -0.136. The largest absolute Gasteiger partial charge is 0.481 e. The van der Waals surface area contributed by atoms with Crippen LogP contribution in [0.4, 0.5) is 0 Å². The Morgan fingerprint density at radius 2 is 2.23 bits per heavy atom. The second kappa shape index (κ2) is 4.11. The SMILES string of the molecule is Cc1c(Cl)ccc(CC(=O)O)c1Br. The maximum Gasteiger partial charge on any atom is 0.307 e. The summed E-state index contributed by atoms with van der Waals surface area (Å²) in [5.74, 6) is -0.845. The average Bonchev–Trinajstić information content (AvgIpc) is 2.06. The number of hydrogen-bond acceptors (Lipinski definition) is 1. The van der Waals surface area contributed by atoms with E-state index in [4.69, 9.17) is 16.7 Å². The Bertz CT molecular complexity index is 350. The Labute approximate surface area is 89.7 Å². The monoisotopic (exact) mass is 262 g/mol. The number of aliphatic carboxylic acids is 1. The average molecular weight is 264 g/mol. The van der Waals surface area contributed by atoms with Gasteiger partial charge in [-0.05, 0) is 24.1 Å². The molecule has 0 saturated heterocycles. The molecule has 0 heterocycles. The Morgan fingerprint density at radius 3 is 2.77 bits per heavy atom. The summed E-state index contributed by atoms with van der Waals surface area (Å²) in [5.41, 5.74) is 1.62. The van der Waals surface area contributed by atoms with Gasteiger partial charge >= 0.3 is 5.97 Å². The zero-order chi connectivity index (χ0) is 10.0. The van der Waals surface area contributed by atoms with Gasteiger partial charge in [-0.2, -0.15) is 0 Å². The molecule has 1 aromatic carbocycles. The molecule has 4 heteroatoms. The van der Waals surface area contributed by atoms with E-state index in [-0.39, 0.29) is 6.42 Å². The van der Waals surface area contributed by atoms with Crippen molar-refractivity contribution in [2.75, 3.05) is 0 Å². The topological polar surface area (TPSA) is 37.3 Å². The van der Waals surface area contributed by atoms with Crippen LogP contribution in [-0.4, -0.2) is 11.1 Å². The summed E-state index contributed by atoms with van der Waals surface area (Å²) in [6.07, 6.45) is 0.0125.